The predicted molar refractivity (Wildman–Crippen MR) is 86.7 cm³/mol. The van der Waals surface area contributed by atoms with Gasteiger partial charge in [0.1, 0.15) is 5.82 Å². The molecule has 1 aromatic rings. The van der Waals surface area contributed by atoms with Crippen molar-refractivity contribution in [2.45, 2.75) is 91.1 Å². The summed E-state index contributed by atoms with van der Waals surface area (Å²) in [5, 5.41) is 0. The summed E-state index contributed by atoms with van der Waals surface area (Å²) in [5.41, 5.74) is 6.89. The number of imidazole rings is 1. The molecule has 3 heteroatoms. The Labute approximate surface area is 125 Å². The maximum absolute atomic E-state index is 5.72. The third-order valence-corrected chi connectivity index (χ3v) is 4.08. The molecule has 20 heavy (non-hydrogen) atoms. The van der Waals surface area contributed by atoms with Crippen molar-refractivity contribution >= 4 is 0 Å². The van der Waals surface area contributed by atoms with Crippen molar-refractivity contribution < 1.29 is 0 Å². The third kappa shape index (κ3) is 6.56. The SMILES string of the molecule is CCCCCCCCCCCCn1c(CN)cnc1C. The first-order valence-corrected chi connectivity index (χ1v) is 8.50. The van der Waals surface area contributed by atoms with Gasteiger partial charge in [0.15, 0.2) is 0 Å². The van der Waals surface area contributed by atoms with Crippen molar-refractivity contribution in [3.63, 3.8) is 0 Å². The van der Waals surface area contributed by atoms with Gasteiger partial charge in [-0.05, 0) is 13.3 Å². The van der Waals surface area contributed by atoms with Crippen molar-refractivity contribution in [2.75, 3.05) is 0 Å². The number of unbranched alkanes of at least 4 members (excludes halogenated alkanes) is 9. The molecule has 0 spiro atoms. The first-order valence-electron chi connectivity index (χ1n) is 8.50. The Morgan fingerprint density at radius 1 is 0.950 bits per heavy atom. The third-order valence-electron chi connectivity index (χ3n) is 4.08. The van der Waals surface area contributed by atoms with E-state index >= 15 is 0 Å². The molecule has 0 aliphatic heterocycles. The molecule has 1 aromatic heterocycles. The highest BCUT2D eigenvalue weighted by Gasteiger charge is 2.04. The molecule has 0 unspecified atom stereocenters. The van der Waals surface area contributed by atoms with E-state index in [1.165, 1.54) is 69.9 Å². The second-order valence-electron chi connectivity index (χ2n) is 5.83. The van der Waals surface area contributed by atoms with Crippen LogP contribution in [-0.4, -0.2) is 9.55 Å². The monoisotopic (exact) mass is 279 g/mol. The van der Waals surface area contributed by atoms with Crippen molar-refractivity contribution in [2.24, 2.45) is 5.73 Å². The Morgan fingerprint density at radius 3 is 2.05 bits per heavy atom. The minimum atomic E-state index is 0.596. The molecule has 0 saturated carbocycles. The molecular weight excluding hydrogens is 246 g/mol. The lowest BCUT2D eigenvalue weighted by Crippen LogP contribution is -2.09. The lowest BCUT2D eigenvalue weighted by Gasteiger charge is -2.09. The zero-order valence-corrected chi connectivity index (χ0v) is 13.5. The molecule has 0 amide bonds. The van der Waals surface area contributed by atoms with Crippen LogP contribution in [-0.2, 0) is 13.1 Å². The van der Waals surface area contributed by atoms with Crippen LogP contribution in [0.2, 0.25) is 0 Å². The van der Waals surface area contributed by atoms with E-state index in [9.17, 15) is 0 Å². The molecule has 0 aliphatic carbocycles. The van der Waals surface area contributed by atoms with Crippen molar-refractivity contribution in [1.82, 2.24) is 9.55 Å². The lowest BCUT2D eigenvalue weighted by molar-refractivity contribution is 0.525. The number of nitrogens with two attached hydrogens (primary N) is 1. The van der Waals surface area contributed by atoms with Crippen LogP contribution in [0.25, 0.3) is 0 Å². The zero-order valence-electron chi connectivity index (χ0n) is 13.5. The molecular formula is C17H33N3. The van der Waals surface area contributed by atoms with E-state index < -0.39 is 0 Å². The van der Waals surface area contributed by atoms with Gasteiger partial charge in [0.2, 0.25) is 0 Å². The van der Waals surface area contributed by atoms with Gasteiger partial charge in [0, 0.05) is 19.3 Å². The summed E-state index contributed by atoms with van der Waals surface area (Å²) in [6.07, 6.45) is 15.7. The molecule has 1 heterocycles. The average molecular weight is 279 g/mol. The van der Waals surface area contributed by atoms with E-state index in [0.717, 1.165) is 12.4 Å². The summed E-state index contributed by atoms with van der Waals surface area (Å²) >= 11 is 0. The molecule has 1 rings (SSSR count). The van der Waals surface area contributed by atoms with Gasteiger partial charge in [-0.15, -0.1) is 0 Å². The van der Waals surface area contributed by atoms with Crippen LogP contribution in [0.3, 0.4) is 0 Å². The largest absolute Gasteiger partial charge is 0.331 e. The Kier molecular flexibility index (Phi) is 9.38. The number of hydrogen-bond acceptors (Lipinski definition) is 2. The van der Waals surface area contributed by atoms with E-state index in [0.29, 0.717) is 6.54 Å². The first kappa shape index (κ1) is 17.2. The zero-order chi connectivity index (χ0) is 14.6. The van der Waals surface area contributed by atoms with Crippen LogP contribution in [0.4, 0.5) is 0 Å². The van der Waals surface area contributed by atoms with Crippen molar-refractivity contribution in [3.05, 3.63) is 17.7 Å². The molecule has 3 nitrogen and oxygen atoms in total. The predicted octanol–water partition coefficient (Wildman–Crippen LogP) is 4.57. The first-order chi connectivity index (χ1) is 9.79. The minimum absolute atomic E-state index is 0.596. The second kappa shape index (κ2) is 10.9. The standard InChI is InChI=1S/C17H33N3/c1-3-4-5-6-7-8-9-10-11-12-13-20-16(2)19-15-17(20)14-18/h15H,3-14,18H2,1-2H3. The van der Waals surface area contributed by atoms with Gasteiger partial charge in [-0.1, -0.05) is 64.7 Å². The van der Waals surface area contributed by atoms with Gasteiger partial charge in [0.25, 0.3) is 0 Å². The highest BCUT2D eigenvalue weighted by molar-refractivity contribution is 5.03. The van der Waals surface area contributed by atoms with Crippen LogP contribution in [0, 0.1) is 6.92 Å². The molecule has 0 aromatic carbocycles. The Hall–Kier alpha value is -0.830. The van der Waals surface area contributed by atoms with Gasteiger partial charge in [-0.25, -0.2) is 4.98 Å². The number of aromatic nitrogens is 2. The lowest BCUT2D eigenvalue weighted by atomic mass is 10.1. The van der Waals surface area contributed by atoms with E-state index in [1.807, 2.05) is 6.20 Å². The molecule has 0 radical (unpaired) electrons. The summed E-state index contributed by atoms with van der Waals surface area (Å²) in [6.45, 7) is 6.01. The maximum Gasteiger partial charge on any atom is 0.105 e. The van der Waals surface area contributed by atoms with Gasteiger partial charge in [-0.3, -0.25) is 0 Å². The smallest absolute Gasteiger partial charge is 0.105 e. The van der Waals surface area contributed by atoms with Crippen LogP contribution in [0.5, 0.6) is 0 Å². The van der Waals surface area contributed by atoms with E-state index in [4.69, 9.17) is 5.73 Å². The Balaban J connectivity index is 1.98. The van der Waals surface area contributed by atoms with E-state index in [-0.39, 0.29) is 0 Å². The molecule has 2 N–H and O–H groups in total. The summed E-state index contributed by atoms with van der Waals surface area (Å²) in [5.74, 6) is 1.10. The number of rotatable bonds is 12. The summed E-state index contributed by atoms with van der Waals surface area (Å²) in [6, 6.07) is 0. The fourth-order valence-corrected chi connectivity index (χ4v) is 2.74. The van der Waals surface area contributed by atoms with Crippen LogP contribution in [0.15, 0.2) is 6.20 Å². The number of nitrogens with zero attached hydrogens (tertiary/aromatic N) is 2. The second-order valence-corrected chi connectivity index (χ2v) is 5.83. The normalized spacial score (nSPS) is 11.2. The van der Waals surface area contributed by atoms with Crippen LogP contribution < -0.4 is 5.73 Å². The van der Waals surface area contributed by atoms with Crippen LogP contribution >= 0.6 is 0 Å². The Bertz CT molecular complexity index is 344. The molecule has 116 valence electrons. The Morgan fingerprint density at radius 2 is 1.50 bits per heavy atom. The number of aryl methyl sites for hydroxylation is 1. The van der Waals surface area contributed by atoms with Crippen molar-refractivity contribution in [1.29, 1.82) is 0 Å². The summed E-state index contributed by atoms with van der Waals surface area (Å²) < 4.78 is 2.27. The van der Waals surface area contributed by atoms with Crippen LogP contribution in [0.1, 0.15) is 82.7 Å². The average Bonchev–Trinajstić information content (AvgIpc) is 2.81. The van der Waals surface area contributed by atoms with E-state index in [1.54, 1.807) is 0 Å². The van der Waals surface area contributed by atoms with Gasteiger partial charge < -0.3 is 10.3 Å². The highest BCUT2D eigenvalue weighted by Crippen LogP contribution is 2.12. The maximum atomic E-state index is 5.72. The van der Waals surface area contributed by atoms with Crippen molar-refractivity contribution in [3.8, 4) is 0 Å². The molecule has 0 bridgehead atoms. The summed E-state index contributed by atoms with van der Waals surface area (Å²) in [4.78, 5) is 4.33. The number of hydrogen-bond donors (Lipinski definition) is 1. The van der Waals surface area contributed by atoms with E-state index in [2.05, 4.69) is 23.4 Å². The molecule has 0 fully saturated rings. The highest BCUT2D eigenvalue weighted by atomic mass is 15.1. The molecule has 0 saturated heterocycles. The fraction of sp³-hybridized carbons (Fsp3) is 0.824. The summed E-state index contributed by atoms with van der Waals surface area (Å²) in [7, 11) is 0. The minimum Gasteiger partial charge on any atom is -0.331 e. The van der Waals surface area contributed by atoms with Gasteiger partial charge in [-0.2, -0.15) is 0 Å². The molecule has 0 atom stereocenters. The van der Waals surface area contributed by atoms with Gasteiger partial charge >= 0.3 is 0 Å². The fourth-order valence-electron chi connectivity index (χ4n) is 2.74. The molecule has 0 aliphatic rings. The quantitative estimate of drug-likeness (QED) is 0.569. The van der Waals surface area contributed by atoms with Gasteiger partial charge in [0.05, 0.1) is 5.69 Å². The topological polar surface area (TPSA) is 43.8 Å².